The molecular weight excluding hydrogens is 947 g/mol. The van der Waals surface area contributed by atoms with Gasteiger partial charge in [-0.25, -0.2) is 0 Å². The van der Waals surface area contributed by atoms with Crippen LogP contribution in [0.1, 0.15) is 0 Å². The molecule has 0 spiro atoms. The second-order valence-electron chi connectivity index (χ2n) is 20.4. The Kier molecular flexibility index (Phi) is 9.91. The first-order valence-electron chi connectivity index (χ1n) is 26.7. The molecular formula is C74H47N3O. The van der Waals surface area contributed by atoms with Crippen molar-refractivity contribution < 1.29 is 4.42 Å². The van der Waals surface area contributed by atoms with Crippen LogP contribution in [0.4, 0.5) is 17.1 Å². The zero-order valence-corrected chi connectivity index (χ0v) is 42.4. The van der Waals surface area contributed by atoms with Crippen LogP contribution < -0.4 is 4.90 Å². The number of benzene rings is 13. The van der Waals surface area contributed by atoms with Crippen molar-refractivity contribution in [2.45, 2.75) is 0 Å². The first-order chi connectivity index (χ1) is 38.7. The fraction of sp³-hybridized carbons (Fsp3) is 0. The highest BCUT2D eigenvalue weighted by molar-refractivity contribution is 6.14. The number of anilines is 3. The molecule has 0 fully saturated rings. The zero-order valence-electron chi connectivity index (χ0n) is 42.4. The number of aromatic nitrogens is 2. The number of hydrogen-bond donors (Lipinski definition) is 0. The van der Waals surface area contributed by atoms with Gasteiger partial charge in [0.2, 0.25) is 0 Å². The summed E-state index contributed by atoms with van der Waals surface area (Å²) in [5.74, 6) is 0. The van der Waals surface area contributed by atoms with Crippen molar-refractivity contribution >= 4 is 104 Å². The molecule has 0 aliphatic heterocycles. The van der Waals surface area contributed by atoms with Crippen LogP contribution in [0.5, 0.6) is 0 Å². The molecule has 0 unspecified atom stereocenters. The van der Waals surface area contributed by atoms with Gasteiger partial charge in [0.1, 0.15) is 11.2 Å². The molecule has 0 aliphatic rings. The van der Waals surface area contributed by atoms with Crippen molar-refractivity contribution in [1.82, 2.24) is 9.13 Å². The molecule has 0 amide bonds. The Morgan fingerprint density at radius 2 is 0.808 bits per heavy atom. The lowest BCUT2D eigenvalue weighted by molar-refractivity contribution is 0.670. The van der Waals surface area contributed by atoms with E-state index in [0.29, 0.717) is 0 Å². The quantitative estimate of drug-likeness (QED) is 0.152. The molecule has 0 aliphatic carbocycles. The van der Waals surface area contributed by atoms with E-state index in [1.54, 1.807) is 0 Å². The number of fused-ring (bicyclic) bond motifs is 11. The minimum atomic E-state index is 0.897. The van der Waals surface area contributed by atoms with E-state index < -0.39 is 0 Å². The average molecular weight is 994 g/mol. The molecule has 0 saturated heterocycles. The van der Waals surface area contributed by atoms with E-state index in [2.05, 4.69) is 293 Å². The molecule has 4 heteroatoms. The SMILES string of the molecule is c1ccc(-n2c3ccccc3c3cc(-c4ccc5cc(N(c6ccc(-c7cccc8c7oc7ccccc78)cc6)c6ccc(-c7ccc8c9ccccc9n(-c9ccccc9)c8c7)c7ccccc67)ccc5c4)ccc32)cc1. The fourth-order valence-electron chi connectivity index (χ4n) is 12.5. The van der Waals surface area contributed by atoms with Crippen LogP contribution in [-0.2, 0) is 0 Å². The second-order valence-corrected chi connectivity index (χ2v) is 20.4. The molecule has 0 atom stereocenters. The Hall–Kier alpha value is -10.4. The van der Waals surface area contributed by atoms with Gasteiger partial charge in [0.15, 0.2) is 0 Å². The van der Waals surface area contributed by atoms with Gasteiger partial charge in [-0.3, -0.25) is 0 Å². The van der Waals surface area contributed by atoms with Crippen molar-refractivity contribution in [2.75, 3.05) is 4.90 Å². The standard InChI is InChI=1S/C74H47N3O/c1-3-16-54(17-4-1)76-69-28-13-10-23-63(69)67-46-52(36-42-71(67)76)49-30-31-51-45-57(39-34-50(51)44-49)75(56-37-32-48(33-38-56)59-25-15-26-66-65-24-11-14-29-73(65)78-74(59)66)70-43-41-58(60-20-7-8-21-61(60)70)53-35-40-64-62-22-9-12-27-68(62)77(72(64)47-53)55-18-5-2-6-19-55/h1-47H. The van der Waals surface area contributed by atoms with Gasteiger partial charge < -0.3 is 18.5 Å². The zero-order chi connectivity index (χ0) is 51.3. The summed E-state index contributed by atoms with van der Waals surface area (Å²) in [5, 5.41) is 11.9. The van der Waals surface area contributed by atoms with Gasteiger partial charge in [-0.2, -0.15) is 0 Å². The van der Waals surface area contributed by atoms with Gasteiger partial charge in [-0.15, -0.1) is 0 Å². The maximum Gasteiger partial charge on any atom is 0.143 e. The number of rotatable bonds is 8. The Morgan fingerprint density at radius 1 is 0.269 bits per heavy atom. The van der Waals surface area contributed by atoms with Crippen molar-refractivity contribution in [1.29, 1.82) is 0 Å². The third-order valence-electron chi connectivity index (χ3n) is 16.1. The Labute approximate surface area is 450 Å². The van der Waals surface area contributed by atoms with Gasteiger partial charge in [0.05, 0.1) is 27.8 Å². The first kappa shape index (κ1) is 43.9. The molecule has 4 nitrogen and oxygen atoms in total. The molecule has 364 valence electrons. The Bertz CT molecular complexity index is 5020. The molecule has 3 heterocycles. The van der Waals surface area contributed by atoms with E-state index in [9.17, 15) is 0 Å². The van der Waals surface area contributed by atoms with E-state index in [0.717, 1.165) is 66.9 Å². The largest absolute Gasteiger partial charge is 0.455 e. The van der Waals surface area contributed by atoms with Crippen LogP contribution in [0.2, 0.25) is 0 Å². The van der Waals surface area contributed by atoms with Crippen molar-refractivity contribution in [3.63, 3.8) is 0 Å². The Balaban J connectivity index is 0.834. The van der Waals surface area contributed by atoms with Crippen LogP contribution in [0.25, 0.3) is 132 Å². The smallest absolute Gasteiger partial charge is 0.143 e. The summed E-state index contributed by atoms with van der Waals surface area (Å²) in [5.41, 5.74) is 19.0. The minimum Gasteiger partial charge on any atom is -0.455 e. The van der Waals surface area contributed by atoms with Crippen LogP contribution in [-0.4, -0.2) is 9.13 Å². The summed E-state index contributed by atoms with van der Waals surface area (Å²) < 4.78 is 11.3. The molecule has 0 bridgehead atoms. The molecule has 0 radical (unpaired) electrons. The van der Waals surface area contributed by atoms with E-state index in [-0.39, 0.29) is 0 Å². The molecule has 16 aromatic rings. The summed E-state index contributed by atoms with van der Waals surface area (Å²) in [6.07, 6.45) is 0. The summed E-state index contributed by atoms with van der Waals surface area (Å²) in [6, 6.07) is 104. The maximum atomic E-state index is 6.54. The highest BCUT2D eigenvalue weighted by Crippen LogP contribution is 2.46. The fourth-order valence-corrected chi connectivity index (χ4v) is 12.5. The van der Waals surface area contributed by atoms with Crippen LogP contribution in [0, 0.1) is 0 Å². The maximum absolute atomic E-state index is 6.54. The Morgan fingerprint density at radius 3 is 1.58 bits per heavy atom. The highest BCUT2D eigenvalue weighted by Gasteiger charge is 2.21. The summed E-state index contributed by atoms with van der Waals surface area (Å²) in [6.45, 7) is 0. The molecule has 13 aromatic carbocycles. The van der Waals surface area contributed by atoms with E-state index in [1.807, 2.05) is 6.07 Å². The van der Waals surface area contributed by atoms with Crippen LogP contribution >= 0.6 is 0 Å². The summed E-state index contributed by atoms with van der Waals surface area (Å²) in [7, 11) is 0. The molecule has 16 rings (SSSR count). The summed E-state index contributed by atoms with van der Waals surface area (Å²) in [4.78, 5) is 2.43. The van der Waals surface area contributed by atoms with Crippen LogP contribution in [0.15, 0.2) is 290 Å². The first-order valence-corrected chi connectivity index (χ1v) is 26.7. The van der Waals surface area contributed by atoms with Crippen molar-refractivity contribution in [3.8, 4) is 44.8 Å². The summed E-state index contributed by atoms with van der Waals surface area (Å²) >= 11 is 0. The van der Waals surface area contributed by atoms with Gasteiger partial charge in [0.25, 0.3) is 0 Å². The van der Waals surface area contributed by atoms with Crippen molar-refractivity contribution in [3.05, 3.63) is 285 Å². The third-order valence-corrected chi connectivity index (χ3v) is 16.1. The van der Waals surface area contributed by atoms with E-state index in [4.69, 9.17) is 4.42 Å². The van der Waals surface area contributed by atoms with Gasteiger partial charge in [-0.05, 0) is 141 Å². The lowest BCUT2D eigenvalue weighted by atomic mass is 9.95. The normalized spacial score (nSPS) is 11.8. The second kappa shape index (κ2) is 17.6. The van der Waals surface area contributed by atoms with Crippen LogP contribution in [0.3, 0.4) is 0 Å². The molecule has 0 N–H and O–H groups in total. The number of furan rings is 1. The minimum absolute atomic E-state index is 0.897. The number of para-hydroxylation sites is 6. The lowest BCUT2D eigenvalue weighted by Gasteiger charge is -2.28. The molecule has 78 heavy (non-hydrogen) atoms. The lowest BCUT2D eigenvalue weighted by Crippen LogP contribution is -2.10. The predicted octanol–water partition coefficient (Wildman–Crippen LogP) is 20.6. The molecule has 0 saturated carbocycles. The van der Waals surface area contributed by atoms with Crippen molar-refractivity contribution in [2.24, 2.45) is 0 Å². The van der Waals surface area contributed by atoms with Gasteiger partial charge >= 0.3 is 0 Å². The molecule has 3 aromatic heterocycles. The number of hydrogen-bond acceptors (Lipinski definition) is 2. The number of nitrogens with zero attached hydrogens (tertiary/aromatic N) is 3. The van der Waals surface area contributed by atoms with Gasteiger partial charge in [0, 0.05) is 66.0 Å². The average Bonchev–Trinajstić information content (AvgIpc) is 4.28. The van der Waals surface area contributed by atoms with E-state index in [1.165, 1.54) is 82.0 Å². The highest BCUT2D eigenvalue weighted by atomic mass is 16.3. The van der Waals surface area contributed by atoms with Gasteiger partial charge in [-0.1, -0.05) is 188 Å². The monoisotopic (exact) mass is 993 g/mol. The third kappa shape index (κ3) is 6.94. The predicted molar refractivity (Wildman–Crippen MR) is 328 cm³/mol. The topological polar surface area (TPSA) is 26.2 Å². The van der Waals surface area contributed by atoms with E-state index >= 15 is 0 Å².